The van der Waals surface area contributed by atoms with Gasteiger partial charge in [0.25, 0.3) is 11.8 Å². The number of fused-ring (bicyclic) bond motifs is 1. The second-order valence-electron chi connectivity index (χ2n) is 4.99. The number of imide groups is 1. The summed E-state index contributed by atoms with van der Waals surface area (Å²) >= 11 is 5.53. The van der Waals surface area contributed by atoms with Crippen molar-refractivity contribution < 1.29 is 32.4 Å². The van der Waals surface area contributed by atoms with Crippen LogP contribution >= 0.6 is 11.6 Å². The first-order valence-corrected chi connectivity index (χ1v) is 7.15. The number of hydrogen-bond acceptors (Lipinski definition) is 4. The van der Waals surface area contributed by atoms with Gasteiger partial charge in [0.1, 0.15) is 0 Å². The standard InChI is InChI=1S/C16H7ClF3NO4/c17-11-7-3-6-10(12(11)16(18,19)20)15(24)25-21-13(22)8-4-1-2-5-9(8)14(21)23/h1-7H. The summed E-state index contributed by atoms with van der Waals surface area (Å²) in [6, 6.07) is 8.59. The van der Waals surface area contributed by atoms with Gasteiger partial charge in [-0.2, -0.15) is 13.2 Å². The van der Waals surface area contributed by atoms with Crippen molar-refractivity contribution >= 4 is 29.4 Å². The van der Waals surface area contributed by atoms with Crippen LogP contribution in [-0.2, 0) is 11.0 Å². The van der Waals surface area contributed by atoms with Gasteiger partial charge in [-0.25, -0.2) is 4.79 Å². The summed E-state index contributed by atoms with van der Waals surface area (Å²) in [4.78, 5) is 41.0. The third-order valence-electron chi connectivity index (χ3n) is 3.45. The minimum atomic E-state index is -4.92. The second kappa shape index (κ2) is 5.89. The molecule has 2 aromatic carbocycles. The fraction of sp³-hybridized carbons (Fsp3) is 0.0625. The lowest BCUT2D eigenvalue weighted by Crippen LogP contribution is -2.33. The molecular weight excluding hydrogens is 363 g/mol. The van der Waals surface area contributed by atoms with Crippen LogP contribution in [-0.4, -0.2) is 22.8 Å². The Hall–Kier alpha value is -2.87. The van der Waals surface area contributed by atoms with E-state index in [4.69, 9.17) is 11.6 Å². The number of carbonyl (C=O) groups excluding carboxylic acids is 3. The van der Waals surface area contributed by atoms with E-state index in [9.17, 15) is 27.6 Å². The minimum absolute atomic E-state index is 0.0116. The van der Waals surface area contributed by atoms with E-state index < -0.39 is 40.1 Å². The molecule has 1 heterocycles. The summed E-state index contributed by atoms with van der Waals surface area (Å²) < 4.78 is 39.3. The van der Waals surface area contributed by atoms with E-state index in [0.717, 1.165) is 18.2 Å². The number of halogens is 4. The van der Waals surface area contributed by atoms with Gasteiger partial charge in [0.2, 0.25) is 0 Å². The molecule has 0 N–H and O–H groups in total. The number of amides is 2. The van der Waals surface area contributed by atoms with Crippen LogP contribution in [0.25, 0.3) is 0 Å². The van der Waals surface area contributed by atoms with E-state index in [1.807, 2.05) is 0 Å². The summed E-state index contributed by atoms with van der Waals surface area (Å²) in [6.07, 6.45) is -4.92. The Bertz CT molecular complexity index is 875. The second-order valence-corrected chi connectivity index (χ2v) is 5.40. The van der Waals surface area contributed by atoms with Crippen molar-refractivity contribution in [2.24, 2.45) is 0 Å². The fourth-order valence-corrected chi connectivity index (χ4v) is 2.65. The lowest BCUT2D eigenvalue weighted by Gasteiger charge is -2.16. The van der Waals surface area contributed by atoms with E-state index in [2.05, 4.69) is 4.84 Å². The first-order valence-electron chi connectivity index (χ1n) is 6.77. The molecule has 0 atom stereocenters. The van der Waals surface area contributed by atoms with Gasteiger partial charge in [-0.05, 0) is 24.3 Å². The number of alkyl halides is 3. The highest BCUT2D eigenvalue weighted by Gasteiger charge is 2.42. The van der Waals surface area contributed by atoms with Crippen LogP contribution in [0.4, 0.5) is 13.2 Å². The molecule has 0 spiro atoms. The average molecular weight is 370 g/mol. The van der Waals surface area contributed by atoms with Crippen molar-refractivity contribution in [2.45, 2.75) is 6.18 Å². The zero-order valence-electron chi connectivity index (χ0n) is 12.1. The van der Waals surface area contributed by atoms with Crippen molar-refractivity contribution in [1.82, 2.24) is 5.06 Å². The van der Waals surface area contributed by atoms with Crippen LogP contribution in [0.15, 0.2) is 42.5 Å². The van der Waals surface area contributed by atoms with Crippen molar-refractivity contribution in [3.63, 3.8) is 0 Å². The maximum atomic E-state index is 13.1. The van der Waals surface area contributed by atoms with Crippen LogP contribution in [0.2, 0.25) is 5.02 Å². The Morgan fingerprint density at radius 1 is 0.960 bits per heavy atom. The Morgan fingerprint density at radius 3 is 2.04 bits per heavy atom. The summed E-state index contributed by atoms with van der Waals surface area (Å²) in [7, 11) is 0. The van der Waals surface area contributed by atoms with Gasteiger partial charge in [0.05, 0.1) is 27.3 Å². The van der Waals surface area contributed by atoms with E-state index in [0.29, 0.717) is 0 Å². The van der Waals surface area contributed by atoms with E-state index in [-0.39, 0.29) is 16.2 Å². The Labute approximate surface area is 143 Å². The van der Waals surface area contributed by atoms with Gasteiger partial charge in [-0.15, -0.1) is 0 Å². The maximum absolute atomic E-state index is 13.1. The highest BCUT2D eigenvalue weighted by molar-refractivity contribution is 6.32. The van der Waals surface area contributed by atoms with Crippen molar-refractivity contribution in [3.8, 4) is 0 Å². The molecule has 2 amide bonds. The fourth-order valence-electron chi connectivity index (χ4n) is 2.36. The Kier molecular flexibility index (Phi) is 4.00. The molecule has 5 nitrogen and oxygen atoms in total. The quantitative estimate of drug-likeness (QED) is 0.757. The summed E-state index contributed by atoms with van der Waals surface area (Å²) in [5.41, 5.74) is -2.33. The molecule has 0 aromatic heterocycles. The topological polar surface area (TPSA) is 63.7 Å². The first kappa shape index (κ1) is 17.0. The van der Waals surface area contributed by atoms with E-state index in [1.54, 1.807) is 0 Å². The molecule has 0 bridgehead atoms. The number of nitrogens with zero attached hydrogens (tertiary/aromatic N) is 1. The molecule has 1 aliphatic heterocycles. The van der Waals surface area contributed by atoms with Gasteiger partial charge in [-0.3, -0.25) is 9.59 Å². The van der Waals surface area contributed by atoms with Crippen molar-refractivity contribution in [2.75, 3.05) is 0 Å². The third-order valence-corrected chi connectivity index (χ3v) is 3.76. The average Bonchev–Trinajstić information content (AvgIpc) is 2.79. The molecule has 25 heavy (non-hydrogen) atoms. The molecule has 0 saturated heterocycles. The molecule has 128 valence electrons. The number of hydroxylamine groups is 2. The Morgan fingerprint density at radius 2 is 1.52 bits per heavy atom. The van der Waals surface area contributed by atoms with Crippen molar-refractivity contribution in [1.29, 1.82) is 0 Å². The molecule has 0 unspecified atom stereocenters. The molecular formula is C16H7ClF3NO4. The summed E-state index contributed by atoms with van der Waals surface area (Å²) in [5, 5.41) is -0.571. The maximum Gasteiger partial charge on any atom is 0.418 e. The lowest BCUT2D eigenvalue weighted by atomic mass is 10.1. The molecule has 9 heteroatoms. The van der Waals surface area contributed by atoms with E-state index >= 15 is 0 Å². The monoisotopic (exact) mass is 369 g/mol. The number of hydrogen-bond donors (Lipinski definition) is 0. The van der Waals surface area contributed by atoms with Gasteiger partial charge in [-0.1, -0.05) is 34.9 Å². The van der Waals surface area contributed by atoms with Crippen LogP contribution in [0, 0.1) is 0 Å². The van der Waals surface area contributed by atoms with Crippen molar-refractivity contribution in [3.05, 3.63) is 69.7 Å². The van der Waals surface area contributed by atoms with E-state index in [1.165, 1.54) is 24.3 Å². The Balaban J connectivity index is 1.94. The zero-order valence-corrected chi connectivity index (χ0v) is 12.9. The molecule has 3 rings (SSSR count). The van der Waals surface area contributed by atoms with Crippen LogP contribution < -0.4 is 0 Å². The summed E-state index contributed by atoms with van der Waals surface area (Å²) in [6.45, 7) is 0. The van der Waals surface area contributed by atoms with Gasteiger partial charge >= 0.3 is 12.1 Å². The van der Waals surface area contributed by atoms with Crippen LogP contribution in [0.5, 0.6) is 0 Å². The van der Waals surface area contributed by atoms with Crippen LogP contribution in [0.1, 0.15) is 36.6 Å². The first-order chi connectivity index (χ1) is 11.7. The normalized spacial score (nSPS) is 13.8. The predicted molar refractivity (Wildman–Crippen MR) is 78.8 cm³/mol. The number of benzene rings is 2. The predicted octanol–water partition coefficient (Wildman–Crippen LogP) is 3.73. The smallest absolute Gasteiger partial charge is 0.324 e. The van der Waals surface area contributed by atoms with Gasteiger partial charge < -0.3 is 4.84 Å². The largest absolute Gasteiger partial charge is 0.418 e. The third kappa shape index (κ3) is 2.85. The molecule has 2 aromatic rings. The van der Waals surface area contributed by atoms with Gasteiger partial charge in [0, 0.05) is 0 Å². The summed E-state index contributed by atoms with van der Waals surface area (Å²) in [5.74, 6) is -3.40. The van der Waals surface area contributed by atoms with Crippen LogP contribution in [0.3, 0.4) is 0 Å². The highest BCUT2D eigenvalue weighted by Crippen LogP contribution is 2.37. The molecule has 0 radical (unpaired) electrons. The molecule has 0 aliphatic carbocycles. The number of carbonyl (C=O) groups is 3. The molecule has 1 aliphatic rings. The minimum Gasteiger partial charge on any atom is -0.324 e. The molecule has 0 fully saturated rings. The highest BCUT2D eigenvalue weighted by atomic mass is 35.5. The zero-order chi connectivity index (χ0) is 18.4. The lowest BCUT2D eigenvalue weighted by molar-refractivity contribution is -0.138. The number of rotatable bonds is 2. The van der Waals surface area contributed by atoms with Gasteiger partial charge in [0.15, 0.2) is 0 Å². The molecule has 0 saturated carbocycles. The SMILES string of the molecule is O=C(ON1C(=O)c2ccccc2C1=O)c1cccc(Cl)c1C(F)(F)F.